The van der Waals surface area contributed by atoms with E-state index in [4.69, 9.17) is 24.5 Å². The second kappa shape index (κ2) is 13.3. The Morgan fingerprint density at radius 1 is 1.02 bits per heavy atom. The van der Waals surface area contributed by atoms with Crippen molar-refractivity contribution in [3.63, 3.8) is 0 Å². The van der Waals surface area contributed by atoms with Crippen LogP contribution in [-0.2, 0) is 30.9 Å². The number of hydrogen-bond acceptors (Lipinski definition) is 8. The number of nitrogens with zero attached hydrogens (tertiary/aromatic N) is 6. The molecule has 10 nitrogen and oxygen atoms in total. The SMILES string of the molecule is CCn1cncc1Cn1c(Cc2ccc(Oc3cccc(COc4ccc(C#N)cc4F)n3)cc2)nc2ccc(C(=O)OC)cc21. The summed E-state index contributed by atoms with van der Waals surface area (Å²) in [6.45, 7) is 3.41. The zero-order valence-electron chi connectivity index (χ0n) is 25.2. The summed E-state index contributed by atoms with van der Waals surface area (Å²) in [4.78, 5) is 26.0. The number of methoxy groups -OCH3 is 1. The van der Waals surface area contributed by atoms with Gasteiger partial charge in [-0.1, -0.05) is 18.2 Å². The van der Waals surface area contributed by atoms with Crippen molar-refractivity contribution in [2.75, 3.05) is 7.11 Å². The standard InChI is InChI=1S/C35H29FN6O4/c1-3-41-22-38-19-27(41)20-42-31-17-25(35(43)44-2)10-13-30(31)40-33(42)16-23-7-11-28(12-8-23)46-34-6-4-5-26(39-34)21-45-32-14-9-24(18-37)15-29(32)36/h4-15,17,19,22H,3,16,20-21H2,1-2H3. The Hall–Kier alpha value is -6.02. The van der Waals surface area contributed by atoms with Gasteiger partial charge in [-0.05, 0) is 67.1 Å². The van der Waals surface area contributed by atoms with E-state index in [1.165, 1.54) is 19.2 Å². The molecule has 0 aliphatic heterocycles. The number of hydrogen-bond donors (Lipinski definition) is 0. The van der Waals surface area contributed by atoms with Crippen LogP contribution in [0.5, 0.6) is 17.4 Å². The first-order chi connectivity index (χ1) is 22.4. The van der Waals surface area contributed by atoms with Crippen LogP contribution < -0.4 is 9.47 Å². The highest BCUT2D eigenvalue weighted by molar-refractivity contribution is 5.93. The molecule has 0 spiro atoms. The van der Waals surface area contributed by atoms with Gasteiger partial charge in [0.2, 0.25) is 5.88 Å². The van der Waals surface area contributed by atoms with Gasteiger partial charge in [-0.15, -0.1) is 0 Å². The maximum absolute atomic E-state index is 14.2. The number of carbonyl (C=O) groups excluding carboxylic acids is 1. The van der Waals surface area contributed by atoms with Crippen LogP contribution in [0.2, 0.25) is 0 Å². The monoisotopic (exact) mass is 616 g/mol. The van der Waals surface area contributed by atoms with Gasteiger partial charge in [-0.25, -0.2) is 24.1 Å². The van der Waals surface area contributed by atoms with Gasteiger partial charge in [-0.3, -0.25) is 0 Å². The molecule has 0 bridgehead atoms. The summed E-state index contributed by atoms with van der Waals surface area (Å²) in [6.07, 6.45) is 4.19. The number of rotatable bonds is 11. The second-order valence-electron chi connectivity index (χ2n) is 10.4. The Balaban J connectivity index is 1.18. The molecule has 0 amide bonds. The minimum absolute atomic E-state index is 0.0279. The van der Waals surface area contributed by atoms with Crippen LogP contribution in [0.25, 0.3) is 11.0 Å². The normalized spacial score (nSPS) is 10.9. The van der Waals surface area contributed by atoms with Crippen molar-refractivity contribution in [3.8, 4) is 23.4 Å². The molecule has 0 N–H and O–H groups in total. The van der Waals surface area contributed by atoms with E-state index in [1.54, 1.807) is 30.6 Å². The molecule has 3 heterocycles. The molecule has 3 aromatic heterocycles. The summed E-state index contributed by atoms with van der Waals surface area (Å²) in [6, 6.07) is 24.2. The number of esters is 1. The van der Waals surface area contributed by atoms with E-state index in [1.807, 2.05) is 48.7 Å². The molecule has 0 radical (unpaired) electrons. The molecule has 230 valence electrons. The zero-order valence-corrected chi connectivity index (χ0v) is 25.2. The third kappa shape index (κ3) is 6.56. The third-order valence-electron chi connectivity index (χ3n) is 7.43. The molecule has 0 aliphatic rings. The Kier molecular flexibility index (Phi) is 8.69. The van der Waals surface area contributed by atoms with Gasteiger partial charge in [0, 0.05) is 25.2 Å². The number of ether oxygens (including phenoxy) is 3. The topological polar surface area (TPSA) is 117 Å². The number of nitriles is 1. The number of aryl methyl sites for hydroxylation is 1. The van der Waals surface area contributed by atoms with E-state index in [-0.39, 0.29) is 17.9 Å². The lowest BCUT2D eigenvalue weighted by Crippen LogP contribution is -2.10. The van der Waals surface area contributed by atoms with E-state index in [2.05, 4.69) is 26.0 Å². The van der Waals surface area contributed by atoms with Crippen LogP contribution >= 0.6 is 0 Å². The third-order valence-corrected chi connectivity index (χ3v) is 7.43. The molecule has 46 heavy (non-hydrogen) atoms. The summed E-state index contributed by atoms with van der Waals surface area (Å²) >= 11 is 0. The van der Waals surface area contributed by atoms with Gasteiger partial charge in [0.25, 0.3) is 0 Å². The van der Waals surface area contributed by atoms with E-state index in [0.29, 0.717) is 35.9 Å². The first kappa shape index (κ1) is 30.0. The maximum Gasteiger partial charge on any atom is 0.337 e. The van der Waals surface area contributed by atoms with E-state index < -0.39 is 11.8 Å². The fourth-order valence-corrected chi connectivity index (χ4v) is 5.07. The van der Waals surface area contributed by atoms with E-state index >= 15 is 0 Å². The molecule has 0 fully saturated rings. The summed E-state index contributed by atoms with van der Waals surface area (Å²) < 4.78 is 34.9. The summed E-state index contributed by atoms with van der Waals surface area (Å²) in [5.74, 6) is 0.818. The molecule has 0 atom stereocenters. The van der Waals surface area contributed by atoms with Crippen molar-refractivity contribution >= 4 is 17.0 Å². The highest BCUT2D eigenvalue weighted by Gasteiger charge is 2.17. The molecular weight excluding hydrogens is 587 g/mol. The van der Waals surface area contributed by atoms with Gasteiger partial charge < -0.3 is 23.3 Å². The molecule has 0 saturated heterocycles. The Labute approximate surface area is 264 Å². The number of carbonyl (C=O) groups is 1. The van der Waals surface area contributed by atoms with Gasteiger partial charge in [0.15, 0.2) is 11.6 Å². The predicted molar refractivity (Wildman–Crippen MR) is 167 cm³/mol. The fraction of sp³-hybridized carbons (Fsp3) is 0.171. The van der Waals surface area contributed by atoms with Crippen LogP contribution in [0.3, 0.4) is 0 Å². The van der Waals surface area contributed by atoms with Crippen LogP contribution in [0.15, 0.2) is 91.4 Å². The zero-order chi connectivity index (χ0) is 32.0. The summed E-state index contributed by atoms with van der Waals surface area (Å²) in [5.41, 5.74) is 4.88. The number of pyridine rings is 1. The Bertz CT molecular complexity index is 2060. The molecule has 6 rings (SSSR count). The number of halogens is 1. The Morgan fingerprint density at radius 2 is 1.87 bits per heavy atom. The molecule has 0 saturated carbocycles. The fourth-order valence-electron chi connectivity index (χ4n) is 5.07. The van der Waals surface area contributed by atoms with Crippen LogP contribution in [0, 0.1) is 17.1 Å². The van der Waals surface area contributed by atoms with Crippen molar-refractivity contribution in [1.29, 1.82) is 5.26 Å². The minimum atomic E-state index is -0.611. The van der Waals surface area contributed by atoms with Crippen molar-refractivity contribution in [2.24, 2.45) is 0 Å². The highest BCUT2D eigenvalue weighted by atomic mass is 19.1. The van der Waals surface area contributed by atoms with E-state index in [9.17, 15) is 9.18 Å². The molecule has 0 unspecified atom stereocenters. The molecule has 3 aromatic carbocycles. The lowest BCUT2D eigenvalue weighted by atomic mass is 10.1. The molecular formula is C35H29FN6O4. The molecule has 6 aromatic rings. The number of imidazole rings is 2. The smallest absolute Gasteiger partial charge is 0.337 e. The van der Waals surface area contributed by atoms with Crippen molar-refractivity contribution in [3.05, 3.63) is 131 Å². The predicted octanol–water partition coefficient (Wildman–Crippen LogP) is 6.46. The lowest BCUT2D eigenvalue weighted by Gasteiger charge is -2.12. The average molecular weight is 617 g/mol. The number of fused-ring (bicyclic) bond motifs is 1. The van der Waals surface area contributed by atoms with Crippen molar-refractivity contribution in [1.82, 2.24) is 24.1 Å². The number of benzene rings is 3. The van der Waals surface area contributed by atoms with Gasteiger partial charge in [0.05, 0.1) is 59.6 Å². The minimum Gasteiger partial charge on any atom is -0.484 e. The average Bonchev–Trinajstić information content (AvgIpc) is 3.68. The van der Waals surface area contributed by atoms with Crippen LogP contribution in [0.4, 0.5) is 4.39 Å². The van der Waals surface area contributed by atoms with Crippen molar-refractivity contribution in [2.45, 2.75) is 33.0 Å². The van der Waals surface area contributed by atoms with Crippen LogP contribution in [0.1, 0.15) is 45.6 Å². The Morgan fingerprint density at radius 3 is 2.63 bits per heavy atom. The first-order valence-corrected chi connectivity index (χ1v) is 14.6. The first-order valence-electron chi connectivity index (χ1n) is 14.6. The lowest BCUT2D eigenvalue weighted by molar-refractivity contribution is 0.0601. The molecule has 0 aliphatic carbocycles. The maximum atomic E-state index is 14.2. The number of aromatic nitrogens is 5. The molecule has 11 heteroatoms. The van der Waals surface area contributed by atoms with Gasteiger partial charge in [0.1, 0.15) is 18.2 Å². The highest BCUT2D eigenvalue weighted by Crippen LogP contribution is 2.25. The second-order valence-corrected chi connectivity index (χ2v) is 10.4. The van der Waals surface area contributed by atoms with Gasteiger partial charge in [-0.2, -0.15) is 5.26 Å². The van der Waals surface area contributed by atoms with Gasteiger partial charge >= 0.3 is 5.97 Å². The quantitative estimate of drug-likeness (QED) is 0.152. The van der Waals surface area contributed by atoms with Crippen molar-refractivity contribution < 1.29 is 23.4 Å². The largest absolute Gasteiger partial charge is 0.484 e. The van der Waals surface area contributed by atoms with Crippen LogP contribution in [-0.4, -0.2) is 37.2 Å². The summed E-state index contributed by atoms with van der Waals surface area (Å²) in [7, 11) is 1.37. The van der Waals surface area contributed by atoms with E-state index in [0.717, 1.165) is 40.7 Å². The summed E-state index contributed by atoms with van der Waals surface area (Å²) in [5, 5.41) is 8.92.